The number of aliphatic hydroxyl groups is 1. The number of benzene rings is 1. The standard InChI is InChI=1S/C11H12Cl3NO3S/c1-2-3-15(4-5-16)19(17,18)11-9(13)6-8(12)7-10(11)14/h2,6-7,16H,1,3-5H2. The fourth-order valence-corrected chi connectivity index (χ4v) is 4.36. The van der Waals surface area contributed by atoms with E-state index in [1.807, 2.05) is 0 Å². The maximum Gasteiger partial charge on any atom is 0.246 e. The maximum absolute atomic E-state index is 12.4. The molecule has 0 heterocycles. The number of nitrogens with zero attached hydrogens (tertiary/aromatic N) is 1. The van der Waals surface area contributed by atoms with Crippen LogP contribution in [0.3, 0.4) is 0 Å². The molecule has 1 N–H and O–H groups in total. The van der Waals surface area contributed by atoms with Gasteiger partial charge in [0.25, 0.3) is 0 Å². The van der Waals surface area contributed by atoms with Crippen LogP contribution in [0.15, 0.2) is 29.7 Å². The first-order valence-corrected chi connectivity index (χ1v) is 7.78. The second kappa shape index (κ2) is 6.92. The minimum atomic E-state index is -3.92. The van der Waals surface area contributed by atoms with Crippen LogP contribution in [0.2, 0.25) is 15.1 Å². The molecule has 19 heavy (non-hydrogen) atoms. The van der Waals surface area contributed by atoms with Crippen molar-refractivity contribution < 1.29 is 13.5 Å². The van der Waals surface area contributed by atoms with E-state index in [9.17, 15) is 8.42 Å². The average Bonchev–Trinajstić information content (AvgIpc) is 2.26. The Morgan fingerprint density at radius 2 is 1.79 bits per heavy atom. The van der Waals surface area contributed by atoms with E-state index < -0.39 is 10.0 Å². The molecule has 0 saturated heterocycles. The summed E-state index contributed by atoms with van der Waals surface area (Å²) in [4.78, 5) is -0.226. The van der Waals surface area contributed by atoms with Gasteiger partial charge in [0.05, 0.1) is 16.7 Å². The Hall–Kier alpha value is -0.300. The molecule has 1 rings (SSSR count). The predicted molar refractivity (Wildman–Crippen MR) is 77.5 cm³/mol. The minimum Gasteiger partial charge on any atom is -0.395 e. The summed E-state index contributed by atoms with van der Waals surface area (Å²) < 4.78 is 25.9. The monoisotopic (exact) mass is 343 g/mol. The molecule has 0 aliphatic heterocycles. The van der Waals surface area contributed by atoms with Crippen LogP contribution in [0.4, 0.5) is 0 Å². The van der Waals surface area contributed by atoms with Crippen LogP contribution >= 0.6 is 34.8 Å². The van der Waals surface area contributed by atoms with Gasteiger partial charge in [-0.05, 0) is 12.1 Å². The van der Waals surface area contributed by atoms with E-state index in [0.717, 1.165) is 4.31 Å². The van der Waals surface area contributed by atoms with Crippen molar-refractivity contribution in [1.82, 2.24) is 4.31 Å². The van der Waals surface area contributed by atoms with E-state index in [1.165, 1.54) is 18.2 Å². The van der Waals surface area contributed by atoms with Crippen molar-refractivity contribution in [3.8, 4) is 0 Å². The number of aliphatic hydroxyl groups excluding tert-OH is 1. The highest BCUT2D eigenvalue weighted by molar-refractivity contribution is 7.89. The Labute approximate surface area is 127 Å². The summed E-state index contributed by atoms with van der Waals surface area (Å²) in [5.41, 5.74) is 0. The van der Waals surface area contributed by atoms with Gasteiger partial charge in [-0.2, -0.15) is 4.31 Å². The maximum atomic E-state index is 12.4. The van der Waals surface area contributed by atoms with Crippen molar-refractivity contribution in [2.24, 2.45) is 0 Å². The Balaban J connectivity index is 3.37. The summed E-state index contributed by atoms with van der Waals surface area (Å²) in [7, 11) is -3.92. The van der Waals surface area contributed by atoms with E-state index >= 15 is 0 Å². The number of halogens is 3. The quantitative estimate of drug-likeness (QED) is 0.807. The summed E-state index contributed by atoms with van der Waals surface area (Å²) >= 11 is 17.5. The molecule has 0 aliphatic carbocycles. The molecule has 0 spiro atoms. The third kappa shape index (κ3) is 3.84. The van der Waals surface area contributed by atoms with Gasteiger partial charge in [0.1, 0.15) is 4.90 Å². The van der Waals surface area contributed by atoms with Crippen LogP contribution in [-0.2, 0) is 10.0 Å². The van der Waals surface area contributed by atoms with Crippen LogP contribution in [0, 0.1) is 0 Å². The molecule has 1 aromatic rings. The fraction of sp³-hybridized carbons (Fsp3) is 0.273. The summed E-state index contributed by atoms with van der Waals surface area (Å²) in [6.07, 6.45) is 1.41. The molecule has 0 unspecified atom stereocenters. The van der Waals surface area contributed by atoms with Gasteiger partial charge in [-0.15, -0.1) is 6.58 Å². The lowest BCUT2D eigenvalue weighted by molar-refractivity contribution is 0.260. The Kier molecular flexibility index (Phi) is 6.11. The number of rotatable bonds is 6. The first kappa shape index (κ1) is 16.8. The van der Waals surface area contributed by atoms with Gasteiger partial charge in [0.2, 0.25) is 10.0 Å². The van der Waals surface area contributed by atoms with E-state index in [1.54, 1.807) is 0 Å². The van der Waals surface area contributed by atoms with Gasteiger partial charge in [-0.25, -0.2) is 8.42 Å². The Bertz CT molecular complexity index is 552. The lowest BCUT2D eigenvalue weighted by Crippen LogP contribution is -2.34. The molecule has 0 bridgehead atoms. The highest BCUT2D eigenvalue weighted by atomic mass is 35.5. The topological polar surface area (TPSA) is 57.6 Å². The minimum absolute atomic E-state index is 0.0399. The molecule has 0 fully saturated rings. The molecular formula is C11H12Cl3NO3S. The summed E-state index contributed by atoms with van der Waals surface area (Å²) in [5, 5.41) is 9.04. The van der Waals surface area contributed by atoms with Crippen LogP contribution in [-0.4, -0.2) is 37.5 Å². The third-order valence-corrected chi connectivity index (χ3v) is 5.25. The first-order chi connectivity index (χ1) is 8.84. The number of sulfonamides is 1. The molecule has 0 amide bonds. The Morgan fingerprint density at radius 1 is 1.26 bits per heavy atom. The lowest BCUT2D eigenvalue weighted by Gasteiger charge is -2.21. The van der Waals surface area contributed by atoms with Gasteiger partial charge >= 0.3 is 0 Å². The van der Waals surface area contributed by atoms with Crippen LogP contribution in [0.25, 0.3) is 0 Å². The predicted octanol–water partition coefficient (Wildman–Crippen LogP) is 2.82. The molecular weight excluding hydrogens is 333 g/mol. The van der Waals surface area contributed by atoms with Gasteiger partial charge < -0.3 is 5.11 Å². The summed E-state index contributed by atoms with van der Waals surface area (Å²) in [5.74, 6) is 0. The van der Waals surface area contributed by atoms with Crippen molar-refractivity contribution in [2.75, 3.05) is 19.7 Å². The van der Waals surface area contributed by atoms with Crippen molar-refractivity contribution in [3.63, 3.8) is 0 Å². The second-order valence-electron chi connectivity index (χ2n) is 3.57. The highest BCUT2D eigenvalue weighted by Crippen LogP contribution is 2.34. The number of hydrogen-bond acceptors (Lipinski definition) is 3. The molecule has 0 saturated carbocycles. The molecule has 0 radical (unpaired) electrons. The summed E-state index contributed by atoms with van der Waals surface area (Å²) in [6.45, 7) is 3.11. The third-order valence-electron chi connectivity index (χ3n) is 2.24. The molecule has 8 heteroatoms. The van der Waals surface area contributed by atoms with Crippen molar-refractivity contribution in [1.29, 1.82) is 0 Å². The van der Waals surface area contributed by atoms with Gasteiger partial charge in [0.15, 0.2) is 0 Å². The van der Waals surface area contributed by atoms with Gasteiger partial charge in [0, 0.05) is 18.1 Å². The van der Waals surface area contributed by atoms with Crippen LogP contribution in [0.5, 0.6) is 0 Å². The van der Waals surface area contributed by atoms with Gasteiger partial charge in [-0.1, -0.05) is 40.9 Å². The fourth-order valence-electron chi connectivity index (χ4n) is 1.47. The summed E-state index contributed by atoms with van der Waals surface area (Å²) in [6, 6.07) is 2.60. The van der Waals surface area contributed by atoms with E-state index in [0.29, 0.717) is 0 Å². The SMILES string of the molecule is C=CCN(CCO)S(=O)(=O)c1c(Cl)cc(Cl)cc1Cl. The number of hydrogen-bond donors (Lipinski definition) is 1. The first-order valence-electron chi connectivity index (χ1n) is 5.21. The van der Waals surface area contributed by atoms with E-state index in [4.69, 9.17) is 39.9 Å². The normalized spacial score (nSPS) is 11.8. The van der Waals surface area contributed by atoms with Crippen molar-refractivity contribution in [3.05, 3.63) is 39.9 Å². The van der Waals surface area contributed by atoms with Gasteiger partial charge in [-0.3, -0.25) is 0 Å². The highest BCUT2D eigenvalue weighted by Gasteiger charge is 2.28. The van der Waals surface area contributed by atoms with Crippen LogP contribution in [0.1, 0.15) is 0 Å². The zero-order valence-electron chi connectivity index (χ0n) is 9.81. The van der Waals surface area contributed by atoms with E-state index in [-0.39, 0.29) is 39.7 Å². The van der Waals surface area contributed by atoms with Crippen molar-refractivity contribution >= 4 is 44.8 Å². The molecule has 0 aliphatic rings. The molecule has 106 valence electrons. The molecule has 1 aromatic carbocycles. The second-order valence-corrected chi connectivity index (χ2v) is 6.70. The lowest BCUT2D eigenvalue weighted by atomic mass is 10.4. The molecule has 0 aromatic heterocycles. The average molecular weight is 345 g/mol. The Morgan fingerprint density at radius 3 is 2.21 bits per heavy atom. The molecule has 0 atom stereocenters. The van der Waals surface area contributed by atoms with Crippen molar-refractivity contribution in [2.45, 2.75) is 4.90 Å². The van der Waals surface area contributed by atoms with Crippen LogP contribution < -0.4 is 0 Å². The zero-order chi connectivity index (χ0) is 14.6. The largest absolute Gasteiger partial charge is 0.395 e. The smallest absolute Gasteiger partial charge is 0.246 e. The zero-order valence-corrected chi connectivity index (χ0v) is 12.9. The van der Waals surface area contributed by atoms with E-state index in [2.05, 4.69) is 6.58 Å². The molecule has 4 nitrogen and oxygen atoms in total.